The summed E-state index contributed by atoms with van der Waals surface area (Å²) in [4.78, 5) is 14.1. The van der Waals surface area contributed by atoms with Crippen LogP contribution in [0.3, 0.4) is 0 Å². The molecule has 2 N–H and O–H groups in total. The predicted octanol–water partition coefficient (Wildman–Crippen LogP) is 3.21. The lowest BCUT2D eigenvalue weighted by Crippen LogP contribution is -2.33. The van der Waals surface area contributed by atoms with Crippen molar-refractivity contribution in [1.82, 2.24) is 4.90 Å². The van der Waals surface area contributed by atoms with E-state index in [0.29, 0.717) is 13.1 Å². The second kappa shape index (κ2) is 7.36. The van der Waals surface area contributed by atoms with Crippen LogP contribution in [0.4, 0.5) is 10.5 Å². The molecule has 0 radical (unpaired) electrons. The van der Waals surface area contributed by atoms with Crippen molar-refractivity contribution in [2.45, 2.75) is 6.42 Å². The van der Waals surface area contributed by atoms with Crippen molar-refractivity contribution >= 4 is 11.7 Å². The third-order valence-corrected chi connectivity index (χ3v) is 4.36. The van der Waals surface area contributed by atoms with Gasteiger partial charge in [-0.25, -0.2) is 4.79 Å². The van der Waals surface area contributed by atoms with E-state index in [0.717, 1.165) is 29.0 Å². The number of urea groups is 1. The van der Waals surface area contributed by atoms with E-state index in [1.807, 2.05) is 48.5 Å². The fourth-order valence-corrected chi connectivity index (χ4v) is 3.02. The number of para-hydroxylation sites is 1. The Labute approximate surface area is 141 Å². The Balaban J connectivity index is 1.75. The van der Waals surface area contributed by atoms with Crippen molar-refractivity contribution in [3.05, 3.63) is 48.5 Å². The highest BCUT2D eigenvalue weighted by Gasteiger charge is 2.25. The van der Waals surface area contributed by atoms with Gasteiger partial charge in [0.25, 0.3) is 0 Å². The largest absolute Gasteiger partial charge is 0.496 e. The van der Waals surface area contributed by atoms with Crippen molar-refractivity contribution in [3.63, 3.8) is 0 Å². The zero-order chi connectivity index (χ0) is 16.9. The second-order valence-corrected chi connectivity index (χ2v) is 5.99. The summed E-state index contributed by atoms with van der Waals surface area (Å²) >= 11 is 0. The number of likely N-dealkylation sites (tertiary alicyclic amines) is 1. The molecule has 5 nitrogen and oxygen atoms in total. The third kappa shape index (κ3) is 3.51. The van der Waals surface area contributed by atoms with E-state index in [-0.39, 0.29) is 18.6 Å². The molecule has 1 saturated heterocycles. The lowest BCUT2D eigenvalue weighted by atomic mass is 10.0. The number of anilines is 1. The van der Waals surface area contributed by atoms with Gasteiger partial charge in [-0.15, -0.1) is 0 Å². The van der Waals surface area contributed by atoms with Gasteiger partial charge in [-0.05, 0) is 30.2 Å². The Morgan fingerprint density at radius 1 is 1.29 bits per heavy atom. The van der Waals surface area contributed by atoms with E-state index >= 15 is 0 Å². The Kier molecular flexibility index (Phi) is 5.01. The maximum absolute atomic E-state index is 12.4. The lowest BCUT2D eigenvalue weighted by molar-refractivity contribution is 0.209. The number of nitrogens with one attached hydrogen (secondary N) is 1. The second-order valence-electron chi connectivity index (χ2n) is 5.99. The molecule has 1 aliphatic heterocycles. The molecule has 2 amide bonds. The Morgan fingerprint density at radius 2 is 2.12 bits per heavy atom. The van der Waals surface area contributed by atoms with Crippen molar-refractivity contribution < 1.29 is 14.6 Å². The van der Waals surface area contributed by atoms with Crippen LogP contribution in [-0.2, 0) is 0 Å². The summed E-state index contributed by atoms with van der Waals surface area (Å²) in [5.74, 6) is 0.988. The third-order valence-electron chi connectivity index (χ3n) is 4.36. The molecular formula is C19H22N2O3. The summed E-state index contributed by atoms with van der Waals surface area (Å²) in [7, 11) is 1.65. The Bertz CT molecular complexity index is 717. The monoisotopic (exact) mass is 326 g/mol. The maximum Gasteiger partial charge on any atom is 0.321 e. The van der Waals surface area contributed by atoms with E-state index in [9.17, 15) is 9.90 Å². The SMILES string of the molecule is COc1ccccc1-c1cccc(NC(=O)N2CCC(CO)C2)c1. The van der Waals surface area contributed by atoms with Crippen molar-refractivity contribution in [1.29, 1.82) is 0 Å². The number of benzene rings is 2. The highest BCUT2D eigenvalue weighted by atomic mass is 16.5. The van der Waals surface area contributed by atoms with Crippen LogP contribution in [0.1, 0.15) is 6.42 Å². The number of methoxy groups -OCH3 is 1. The van der Waals surface area contributed by atoms with Crippen LogP contribution in [0.5, 0.6) is 5.75 Å². The average molecular weight is 326 g/mol. The molecule has 0 aliphatic carbocycles. The van der Waals surface area contributed by atoms with E-state index < -0.39 is 0 Å². The molecule has 2 aromatic rings. The van der Waals surface area contributed by atoms with Gasteiger partial charge in [-0.3, -0.25) is 0 Å². The first-order valence-electron chi connectivity index (χ1n) is 8.11. The van der Waals surface area contributed by atoms with Crippen LogP contribution in [0.25, 0.3) is 11.1 Å². The van der Waals surface area contributed by atoms with Crippen LogP contribution in [0, 0.1) is 5.92 Å². The van der Waals surface area contributed by atoms with Gasteiger partial charge in [0.1, 0.15) is 5.75 Å². The predicted molar refractivity (Wildman–Crippen MR) is 94.2 cm³/mol. The Morgan fingerprint density at radius 3 is 2.88 bits per heavy atom. The van der Waals surface area contributed by atoms with Gasteiger partial charge in [-0.1, -0.05) is 30.3 Å². The summed E-state index contributed by atoms with van der Waals surface area (Å²) in [6.45, 7) is 1.42. The molecule has 1 heterocycles. The van der Waals surface area contributed by atoms with Crippen LogP contribution >= 0.6 is 0 Å². The fourth-order valence-electron chi connectivity index (χ4n) is 3.02. The number of hydrogen-bond donors (Lipinski definition) is 2. The molecule has 1 fully saturated rings. The first-order chi connectivity index (χ1) is 11.7. The molecule has 1 aliphatic rings. The maximum atomic E-state index is 12.4. The van der Waals surface area contributed by atoms with Gasteiger partial charge < -0.3 is 20.1 Å². The van der Waals surface area contributed by atoms with E-state index in [1.54, 1.807) is 12.0 Å². The molecule has 0 bridgehead atoms. The van der Waals surface area contributed by atoms with Gasteiger partial charge in [0.05, 0.1) is 7.11 Å². The van der Waals surface area contributed by atoms with E-state index in [1.165, 1.54) is 0 Å². The molecular weight excluding hydrogens is 304 g/mol. The van der Waals surface area contributed by atoms with Gasteiger partial charge >= 0.3 is 6.03 Å². The van der Waals surface area contributed by atoms with Gasteiger partial charge in [0.15, 0.2) is 0 Å². The minimum atomic E-state index is -0.122. The number of rotatable bonds is 4. The van der Waals surface area contributed by atoms with Crippen LogP contribution in [-0.4, -0.2) is 42.8 Å². The smallest absolute Gasteiger partial charge is 0.321 e. The molecule has 1 atom stereocenters. The summed E-state index contributed by atoms with van der Waals surface area (Å²) in [6.07, 6.45) is 0.852. The van der Waals surface area contributed by atoms with E-state index in [2.05, 4.69) is 5.32 Å². The lowest BCUT2D eigenvalue weighted by Gasteiger charge is -2.17. The summed E-state index contributed by atoms with van der Waals surface area (Å²) in [6, 6.07) is 15.4. The molecule has 5 heteroatoms. The average Bonchev–Trinajstić information content (AvgIpc) is 3.11. The molecule has 2 aromatic carbocycles. The molecule has 3 rings (SSSR count). The number of aliphatic hydroxyl groups is 1. The molecule has 1 unspecified atom stereocenters. The fraction of sp³-hybridized carbons (Fsp3) is 0.316. The number of carbonyl (C=O) groups excluding carboxylic acids is 1. The van der Waals surface area contributed by atoms with Crippen LogP contribution < -0.4 is 10.1 Å². The summed E-state index contributed by atoms with van der Waals surface area (Å²) in [5.41, 5.74) is 2.72. The minimum Gasteiger partial charge on any atom is -0.496 e. The highest BCUT2D eigenvalue weighted by Crippen LogP contribution is 2.31. The zero-order valence-corrected chi connectivity index (χ0v) is 13.7. The first kappa shape index (κ1) is 16.3. The van der Waals surface area contributed by atoms with E-state index in [4.69, 9.17) is 4.74 Å². The van der Waals surface area contributed by atoms with Crippen LogP contribution in [0.2, 0.25) is 0 Å². The number of carbonyl (C=O) groups is 1. The number of aliphatic hydroxyl groups excluding tert-OH is 1. The quantitative estimate of drug-likeness (QED) is 0.907. The first-order valence-corrected chi connectivity index (χ1v) is 8.11. The summed E-state index contributed by atoms with van der Waals surface area (Å²) < 4.78 is 5.41. The molecule has 0 spiro atoms. The number of hydrogen-bond acceptors (Lipinski definition) is 3. The van der Waals surface area contributed by atoms with Crippen molar-refractivity contribution in [2.75, 3.05) is 32.1 Å². The minimum absolute atomic E-state index is 0.122. The molecule has 0 saturated carbocycles. The zero-order valence-electron chi connectivity index (χ0n) is 13.7. The normalized spacial score (nSPS) is 16.9. The molecule has 24 heavy (non-hydrogen) atoms. The van der Waals surface area contributed by atoms with Gasteiger partial charge in [0, 0.05) is 36.9 Å². The number of ether oxygens (including phenoxy) is 1. The van der Waals surface area contributed by atoms with Crippen molar-refractivity contribution in [2.24, 2.45) is 5.92 Å². The summed E-state index contributed by atoms with van der Waals surface area (Å²) in [5, 5.41) is 12.1. The van der Waals surface area contributed by atoms with Crippen LogP contribution in [0.15, 0.2) is 48.5 Å². The Hall–Kier alpha value is -2.53. The standard InChI is InChI=1S/C19H22N2O3/c1-24-18-8-3-2-7-17(18)15-5-4-6-16(11-15)20-19(23)21-10-9-14(12-21)13-22/h2-8,11,14,22H,9-10,12-13H2,1H3,(H,20,23). The van der Waals surface area contributed by atoms with Crippen molar-refractivity contribution in [3.8, 4) is 16.9 Å². The van der Waals surface area contributed by atoms with Gasteiger partial charge in [0.2, 0.25) is 0 Å². The highest BCUT2D eigenvalue weighted by molar-refractivity contribution is 5.90. The number of amides is 2. The number of nitrogens with zero attached hydrogens (tertiary/aromatic N) is 1. The molecule has 0 aromatic heterocycles. The van der Waals surface area contributed by atoms with Gasteiger partial charge in [-0.2, -0.15) is 0 Å². The topological polar surface area (TPSA) is 61.8 Å². The molecule has 126 valence electrons.